The van der Waals surface area contributed by atoms with Crippen molar-refractivity contribution < 1.29 is 19.4 Å². The van der Waals surface area contributed by atoms with Crippen LogP contribution in [-0.2, 0) is 9.53 Å². The average molecular weight is 230 g/mol. The van der Waals surface area contributed by atoms with E-state index in [0.29, 0.717) is 0 Å². The number of carboxylic acids is 1. The van der Waals surface area contributed by atoms with Crippen LogP contribution < -0.4 is 5.73 Å². The minimum absolute atomic E-state index is 0.228. The van der Waals surface area contributed by atoms with Gasteiger partial charge in [0.15, 0.2) is 0 Å². The standard InChI is InChI=1S/C10H18N2O4/c1-10(2,3)16-9(15)12-5-6(11)4-7(12)8(13)14/h6-7H,4-5,11H2,1-3H3,(H,13,14)/t6?,7-/m0/s1. The van der Waals surface area contributed by atoms with Crippen molar-refractivity contribution in [3.63, 3.8) is 0 Å². The molecule has 92 valence electrons. The summed E-state index contributed by atoms with van der Waals surface area (Å²) >= 11 is 0. The van der Waals surface area contributed by atoms with Gasteiger partial charge in [0.1, 0.15) is 11.6 Å². The highest BCUT2D eigenvalue weighted by atomic mass is 16.6. The minimum atomic E-state index is -1.04. The maximum absolute atomic E-state index is 11.7. The number of ether oxygens (including phenoxy) is 1. The number of nitrogens with two attached hydrogens (primary N) is 1. The molecular formula is C10H18N2O4. The molecule has 0 saturated carbocycles. The molecule has 1 fully saturated rings. The summed E-state index contributed by atoms with van der Waals surface area (Å²) in [6, 6.07) is -1.17. The summed E-state index contributed by atoms with van der Waals surface area (Å²) in [5, 5.41) is 8.94. The van der Waals surface area contributed by atoms with Gasteiger partial charge in [-0.05, 0) is 27.2 Å². The van der Waals surface area contributed by atoms with Crippen LogP contribution in [-0.4, -0.2) is 46.3 Å². The lowest BCUT2D eigenvalue weighted by atomic mass is 10.2. The van der Waals surface area contributed by atoms with Crippen molar-refractivity contribution in [2.24, 2.45) is 5.73 Å². The molecule has 1 saturated heterocycles. The Morgan fingerprint density at radius 2 is 2.00 bits per heavy atom. The molecule has 6 heteroatoms. The summed E-state index contributed by atoms with van der Waals surface area (Å²) in [5.74, 6) is -1.04. The first-order chi connectivity index (χ1) is 7.20. The molecule has 1 heterocycles. The largest absolute Gasteiger partial charge is 0.480 e. The monoisotopic (exact) mass is 230 g/mol. The number of hydrogen-bond acceptors (Lipinski definition) is 4. The number of nitrogens with zero attached hydrogens (tertiary/aromatic N) is 1. The first kappa shape index (κ1) is 12.8. The van der Waals surface area contributed by atoms with E-state index in [9.17, 15) is 9.59 Å². The second-order valence-corrected chi connectivity index (χ2v) is 4.98. The number of hydrogen-bond donors (Lipinski definition) is 2. The smallest absolute Gasteiger partial charge is 0.411 e. The Labute approximate surface area is 94.3 Å². The van der Waals surface area contributed by atoms with E-state index in [-0.39, 0.29) is 19.0 Å². The highest BCUT2D eigenvalue weighted by Gasteiger charge is 2.40. The SMILES string of the molecule is CC(C)(C)OC(=O)N1CC(N)C[C@H]1C(=O)O. The molecule has 3 N–H and O–H groups in total. The first-order valence-corrected chi connectivity index (χ1v) is 5.18. The van der Waals surface area contributed by atoms with Gasteiger partial charge in [0, 0.05) is 12.6 Å². The van der Waals surface area contributed by atoms with Gasteiger partial charge in [0.25, 0.3) is 0 Å². The molecule has 0 aromatic carbocycles. The molecule has 6 nitrogen and oxygen atoms in total. The van der Waals surface area contributed by atoms with E-state index in [0.717, 1.165) is 0 Å². The van der Waals surface area contributed by atoms with E-state index in [1.54, 1.807) is 20.8 Å². The second-order valence-electron chi connectivity index (χ2n) is 4.98. The summed E-state index contributed by atoms with van der Waals surface area (Å²) in [5.41, 5.74) is 5.01. The molecule has 0 aromatic rings. The van der Waals surface area contributed by atoms with Gasteiger partial charge in [-0.1, -0.05) is 0 Å². The van der Waals surface area contributed by atoms with Crippen molar-refractivity contribution in [1.82, 2.24) is 4.90 Å². The van der Waals surface area contributed by atoms with Crippen LogP contribution in [0.2, 0.25) is 0 Å². The van der Waals surface area contributed by atoms with E-state index in [4.69, 9.17) is 15.6 Å². The molecule has 1 aliphatic heterocycles. The number of carbonyl (C=O) groups is 2. The molecule has 1 aliphatic rings. The van der Waals surface area contributed by atoms with Crippen molar-refractivity contribution in [2.45, 2.75) is 44.9 Å². The van der Waals surface area contributed by atoms with Crippen LogP contribution in [0.25, 0.3) is 0 Å². The normalized spacial score (nSPS) is 25.6. The zero-order valence-corrected chi connectivity index (χ0v) is 9.77. The van der Waals surface area contributed by atoms with Gasteiger partial charge < -0.3 is 15.6 Å². The summed E-state index contributed by atoms with van der Waals surface area (Å²) in [6.45, 7) is 5.43. The molecule has 1 rings (SSSR count). The summed E-state index contributed by atoms with van der Waals surface area (Å²) < 4.78 is 5.12. The zero-order valence-electron chi connectivity index (χ0n) is 9.77. The van der Waals surface area contributed by atoms with Crippen LogP contribution in [0.1, 0.15) is 27.2 Å². The van der Waals surface area contributed by atoms with Crippen LogP contribution in [0.5, 0.6) is 0 Å². The van der Waals surface area contributed by atoms with Gasteiger partial charge in [-0.15, -0.1) is 0 Å². The first-order valence-electron chi connectivity index (χ1n) is 5.18. The minimum Gasteiger partial charge on any atom is -0.480 e. The Morgan fingerprint density at radius 1 is 1.44 bits per heavy atom. The number of carboxylic acid groups (broad SMARTS) is 1. The Bertz CT molecular complexity index is 298. The zero-order chi connectivity index (χ0) is 12.5. The maximum Gasteiger partial charge on any atom is 0.411 e. The molecule has 2 atom stereocenters. The van der Waals surface area contributed by atoms with Gasteiger partial charge in [-0.25, -0.2) is 9.59 Å². The Kier molecular flexibility index (Phi) is 3.42. The van der Waals surface area contributed by atoms with Gasteiger partial charge >= 0.3 is 12.1 Å². The highest BCUT2D eigenvalue weighted by molar-refractivity contribution is 5.81. The van der Waals surface area contributed by atoms with Crippen molar-refractivity contribution in [3.8, 4) is 0 Å². The molecule has 1 amide bonds. The topological polar surface area (TPSA) is 92.9 Å². The van der Waals surface area contributed by atoms with Crippen LogP contribution in [0.15, 0.2) is 0 Å². The maximum atomic E-state index is 11.7. The lowest BCUT2D eigenvalue weighted by Crippen LogP contribution is -2.43. The fourth-order valence-electron chi connectivity index (χ4n) is 1.62. The molecule has 0 bridgehead atoms. The van der Waals surface area contributed by atoms with Gasteiger partial charge in [0.2, 0.25) is 0 Å². The quantitative estimate of drug-likeness (QED) is 0.680. The fourth-order valence-corrected chi connectivity index (χ4v) is 1.62. The van der Waals surface area contributed by atoms with Crippen molar-refractivity contribution >= 4 is 12.1 Å². The fraction of sp³-hybridized carbons (Fsp3) is 0.800. The number of carbonyl (C=O) groups excluding carboxylic acids is 1. The molecule has 0 radical (unpaired) electrons. The molecule has 1 unspecified atom stereocenters. The predicted molar refractivity (Wildman–Crippen MR) is 57.0 cm³/mol. The molecular weight excluding hydrogens is 212 g/mol. The van der Waals surface area contributed by atoms with Crippen LogP contribution in [0.3, 0.4) is 0 Å². The lowest BCUT2D eigenvalue weighted by molar-refractivity contribution is -0.142. The van der Waals surface area contributed by atoms with Crippen LogP contribution >= 0.6 is 0 Å². The van der Waals surface area contributed by atoms with Gasteiger partial charge in [-0.2, -0.15) is 0 Å². The Hall–Kier alpha value is -1.30. The van der Waals surface area contributed by atoms with Crippen molar-refractivity contribution in [3.05, 3.63) is 0 Å². The molecule has 0 aliphatic carbocycles. The summed E-state index contributed by atoms with van der Waals surface area (Å²) in [4.78, 5) is 23.8. The summed E-state index contributed by atoms with van der Waals surface area (Å²) in [6.07, 6.45) is -0.345. The third-order valence-electron chi connectivity index (χ3n) is 2.25. The van der Waals surface area contributed by atoms with E-state index >= 15 is 0 Å². The summed E-state index contributed by atoms with van der Waals surface area (Å²) in [7, 11) is 0. The number of aliphatic carboxylic acids is 1. The second kappa shape index (κ2) is 4.29. The molecule has 0 aromatic heterocycles. The average Bonchev–Trinajstić information content (AvgIpc) is 2.44. The van der Waals surface area contributed by atoms with Crippen LogP contribution in [0.4, 0.5) is 4.79 Å². The third kappa shape index (κ3) is 3.10. The van der Waals surface area contributed by atoms with Gasteiger partial charge in [-0.3, -0.25) is 4.90 Å². The van der Waals surface area contributed by atoms with E-state index in [1.807, 2.05) is 0 Å². The number of likely N-dealkylation sites (tertiary alicyclic amines) is 1. The Balaban J connectivity index is 2.71. The lowest BCUT2D eigenvalue weighted by Gasteiger charge is -2.26. The van der Waals surface area contributed by atoms with Crippen molar-refractivity contribution in [2.75, 3.05) is 6.54 Å². The molecule has 16 heavy (non-hydrogen) atoms. The van der Waals surface area contributed by atoms with Gasteiger partial charge in [0.05, 0.1) is 0 Å². The predicted octanol–water partition coefficient (Wildman–Crippen LogP) is 0.408. The van der Waals surface area contributed by atoms with E-state index in [1.165, 1.54) is 4.90 Å². The third-order valence-corrected chi connectivity index (χ3v) is 2.25. The number of amides is 1. The van der Waals surface area contributed by atoms with Crippen molar-refractivity contribution in [1.29, 1.82) is 0 Å². The van der Waals surface area contributed by atoms with Crippen LogP contribution in [0, 0.1) is 0 Å². The van der Waals surface area contributed by atoms with E-state index < -0.39 is 23.7 Å². The number of rotatable bonds is 1. The van der Waals surface area contributed by atoms with E-state index in [2.05, 4.69) is 0 Å². The Morgan fingerprint density at radius 3 is 2.44 bits per heavy atom. The highest BCUT2D eigenvalue weighted by Crippen LogP contribution is 2.20. The molecule has 0 spiro atoms.